The molecule has 154 valence electrons. The molecule has 2 heterocycles. The van der Waals surface area contributed by atoms with Crippen molar-refractivity contribution in [1.29, 1.82) is 0 Å². The van der Waals surface area contributed by atoms with Crippen molar-refractivity contribution in [1.82, 2.24) is 14.8 Å². The molecule has 0 spiro atoms. The molecule has 1 amide bonds. The molecule has 4 aromatic rings. The monoisotopic (exact) mass is 420 g/mol. The van der Waals surface area contributed by atoms with Crippen LogP contribution in [0.1, 0.15) is 27.0 Å². The van der Waals surface area contributed by atoms with Gasteiger partial charge in [0.05, 0.1) is 29.0 Å². The van der Waals surface area contributed by atoms with E-state index in [2.05, 4.69) is 27.2 Å². The van der Waals surface area contributed by atoms with Gasteiger partial charge in [-0.2, -0.15) is 18.3 Å². The Morgan fingerprint density at radius 1 is 1.03 bits per heavy atom. The molecule has 0 aliphatic carbocycles. The number of nitrogens with zero attached hydrogens (tertiary/aromatic N) is 3. The van der Waals surface area contributed by atoms with Crippen LogP contribution in [0.4, 0.5) is 18.9 Å². The van der Waals surface area contributed by atoms with Crippen LogP contribution in [0.25, 0.3) is 10.9 Å². The number of alkyl halides is 3. The lowest BCUT2D eigenvalue weighted by Gasteiger charge is -2.09. The Hall–Kier alpha value is -4.12. The van der Waals surface area contributed by atoms with Gasteiger partial charge in [0.25, 0.3) is 5.91 Å². The van der Waals surface area contributed by atoms with Gasteiger partial charge in [0.15, 0.2) is 0 Å². The van der Waals surface area contributed by atoms with E-state index in [9.17, 15) is 18.0 Å². The Morgan fingerprint density at radius 3 is 2.55 bits per heavy atom. The maximum absolute atomic E-state index is 12.8. The fourth-order valence-electron chi connectivity index (χ4n) is 2.98. The van der Waals surface area contributed by atoms with Crippen LogP contribution in [0.2, 0.25) is 0 Å². The molecule has 31 heavy (non-hydrogen) atoms. The van der Waals surface area contributed by atoms with Gasteiger partial charge in [-0.05, 0) is 42.5 Å². The summed E-state index contributed by atoms with van der Waals surface area (Å²) in [5, 5.41) is 7.69. The number of rotatable bonds is 2. The molecule has 0 bridgehead atoms. The molecule has 8 heteroatoms. The highest BCUT2D eigenvalue weighted by Crippen LogP contribution is 2.29. The molecule has 2 aromatic heterocycles. The highest BCUT2D eigenvalue weighted by molar-refractivity contribution is 6.04. The van der Waals surface area contributed by atoms with Crippen molar-refractivity contribution in [2.24, 2.45) is 7.05 Å². The number of halogens is 3. The quantitative estimate of drug-likeness (QED) is 0.481. The van der Waals surface area contributed by atoms with E-state index >= 15 is 0 Å². The second kappa shape index (κ2) is 7.95. The van der Waals surface area contributed by atoms with Gasteiger partial charge in [-0.3, -0.25) is 14.5 Å². The average molecular weight is 420 g/mol. The Labute approximate surface area is 175 Å². The van der Waals surface area contributed by atoms with Crippen molar-refractivity contribution in [2.45, 2.75) is 6.18 Å². The molecule has 0 saturated carbocycles. The first-order valence-electron chi connectivity index (χ1n) is 9.18. The number of aromatic nitrogens is 3. The lowest BCUT2D eigenvalue weighted by atomic mass is 10.1. The van der Waals surface area contributed by atoms with Gasteiger partial charge in [-0.15, -0.1) is 0 Å². The summed E-state index contributed by atoms with van der Waals surface area (Å²) in [5.41, 5.74) is 1.83. The van der Waals surface area contributed by atoms with Crippen LogP contribution in [0.5, 0.6) is 0 Å². The second-order valence-corrected chi connectivity index (χ2v) is 6.75. The summed E-state index contributed by atoms with van der Waals surface area (Å²) in [7, 11) is 1.83. The molecule has 0 atom stereocenters. The largest absolute Gasteiger partial charge is 0.416 e. The third-order valence-corrected chi connectivity index (χ3v) is 4.61. The number of benzene rings is 2. The van der Waals surface area contributed by atoms with Crippen molar-refractivity contribution in [2.75, 3.05) is 5.32 Å². The molecular formula is C23H15F3N4O. The average Bonchev–Trinajstić information content (AvgIpc) is 3.14. The normalized spacial score (nSPS) is 11.1. The Bertz CT molecular complexity index is 1330. The number of anilines is 1. The fourth-order valence-corrected chi connectivity index (χ4v) is 2.98. The number of carbonyl (C=O) groups excluding carboxylic acids is 1. The standard InChI is InChI=1S/C23H15F3N4O/c1-30-21-14-27-12-17(20(21)13-28-30)8-5-15-6-9-19(10-7-15)29-22(31)16-3-2-4-18(11-16)23(24,25)26/h2-4,6-7,9-14H,1H3,(H,29,31). The van der Waals surface area contributed by atoms with Gasteiger partial charge in [-0.25, -0.2) is 0 Å². The van der Waals surface area contributed by atoms with E-state index in [4.69, 9.17) is 0 Å². The first kappa shape index (κ1) is 20.2. The van der Waals surface area contributed by atoms with E-state index in [1.807, 2.05) is 7.05 Å². The second-order valence-electron chi connectivity index (χ2n) is 6.75. The molecule has 5 nitrogen and oxygen atoms in total. The number of fused-ring (bicyclic) bond motifs is 1. The highest BCUT2D eigenvalue weighted by Gasteiger charge is 2.30. The molecule has 1 N–H and O–H groups in total. The predicted molar refractivity (Wildman–Crippen MR) is 110 cm³/mol. The van der Waals surface area contributed by atoms with E-state index in [0.29, 0.717) is 11.3 Å². The van der Waals surface area contributed by atoms with Crippen molar-refractivity contribution in [3.05, 3.63) is 89.4 Å². The molecule has 0 aliphatic rings. The van der Waals surface area contributed by atoms with Crippen LogP contribution in [-0.2, 0) is 13.2 Å². The van der Waals surface area contributed by atoms with E-state index in [1.165, 1.54) is 12.1 Å². The van der Waals surface area contributed by atoms with Gasteiger partial charge >= 0.3 is 6.18 Å². The number of aryl methyl sites for hydroxylation is 1. The fraction of sp³-hybridized carbons (Fsp3) is 0.0870. The predicted octanol–water partition coefficient (Wildman–Crippen LogP) is 4.64. The Morgan fingerprint density at radius 2 is 1.81 bits per heavy atom. The van der Waals surface area contributed by atoms with Crippen molar-refractivity contribution in [3.8, 4) is 11.8 Å². The first-order valence-corrected chi connectivity index (χ1v) is 9.18. The Balaban J connectivity index is 1.49. The smallest absolute Gasteiger partial charge is 0.322 e. The number of hydrogen-bond acceptors (Lipinski definition) is 3. The summed E-state index contributed by atoms with van der Waals surface area (Å²) in [6.45, 7) is 0. The van der Waals surface area contributed by atoms with Gasteiger partial charge < -0.3 is 5.32 Å². The number of nitrogens with one attached hydrogen (secondary N) is 1. The molecule has 2 aromatic carbocycles. The maximum atomic E-state index is 12.8. The molecule has 0 fully saturated rings. The van der Waals surface area contributed by atoms with Crippen molar-refractivity contribution >= 4 is 22.5 Å². The van der Waals surface area contributed by atoms with E-state index in [0.717, 1.165) is 28.6 Å². The lowest BCUT2D eigenvalue weighted by Crippen LogP contribution is -2.13. The highest BCUT2D eigenvalue weighted by atomic mass is 19.4. The molecule has 4 rings (SSSR count). The molecular weight excluding hydrogens is 405 g/mol. The summed E-state index contributed by atoms with van der Waals surface area (Å²) in [6, 6.07) is 11.0. The maximum Gasteiger partial charge on any atom is 0.416 e. The van der Waals surface area contributed by atoms with Crippen molar-refractivity contribution in [3.63, 3.8) is 0 Å². The van der Waals surface area contributed by atoms with Crippen LogP contribution in [0.3, 0.4) is 0 Å². The van der Waals surface area contributed by atoms with Gasteiger partial charge in [0, 0.05) is 35.4 Å². The number of hydrogen-bond donors (Lipinski definition) is 1. The number of amides is 1. The zero-order valence-electron chi connectivity index (χ0n) is 16.2. The summed E-state index contributed by atoms with van der Waals surface area (Å²) < 4.78 is 40.2. The number of pyridine rings is 1. The Kier molecular flexibility index (Phi) is 5.17. The molecule has 0 aliphatic heterocycles. The van der Waals surface area contributed by atoms with Crippen LogP contribution < -0.4 is 5.32 Å². The first-order chi connectivity index (χ1) is 14.8. The van der Waals surface area contributed by atoms with Gasteiger partial charge in [0.1, 0.15) is 0 Å². The van der Waals surface area contributed by atoms with Crippen LogP contribution in [0, 0.1) is 11.8 Å². The van der Waals surface area contributed by atoms with E-state index < -0.39 is 17.6 Å². The molecule has 0 saturated heterocycles. The minimum atomic E-state index is -4.51. The molecule has 0 radical (unpaired) electrons. The van der Waals surface area contributed by atoms with E-state index in [1.54, 1.807) is 47.5 Å². The third kappa shape index (κ3) is 4.41. The minimum absolute atomic E-state index is 0.0734. The zero-order valence-corrected chi connectivity index (χ0v) is 16.2. The van der Waals surface area contributed by atoms with Gasteiger partial charge in [0.2, 0.25) is 0 Å². The van der Waals surface area contributed by atoms with Crippen LogP contribution >= 0.6 is 0 Å². The summed E-state index contributed by atoms with van der Waals surface area (Å²) in [6.07, 6.45) is 0.607. The van der Waals surface area contributed by atoms with Crippen LogP contribution in [0.15, 0.2) is 67.1 Å². The van der Waals surface area contributed by atoms with Crippen molar-refractivity contribution < 1.29 is 18.0 Å². The zero-order chi connectivity index (χ0) is 22.0. The molecule has 0 unspecified atom stereocenters. The third-order valence-electron chi connectivity index (χ3n) is 4.61. The van der Waals surface area contributed by atoms with Gasteiger partial charge in [-0.1, -0.05) is 17.9 Å². The lowest BCUT2D eigenvalue weighted by molar-refractivity contribution is -0.137. The minimum Gasteiger partial charge on any atom is -0.322 e. The number of carbonyl (C=O) groups is 1. The topological polar surface area (TPSA) is 59.8 Å². The summed E-state index contributed by atoms with van der Waals surface area (Å²) in [4.78, 5) is 16.5. The SMILES string of the molecule is Cn1ncc2c(C#Cc3ccc(NC(=O)c4cccc(C(F)(F)F)c4)cc3)cncc21. The van der Waals surface area contributed by atoms with Crippen LogP contribution in [-0.4, -0.2) is 20.7 Å². The summed E-state index contributed by atoms with van der Waals surface area (Å²) >= 11 is 0. The van der Waals surface area contributed by atoms with E-state index in [-0.39, 0.29) is 5.56 Å². The summed E-state index contributed by atoms with van der Waals surface area (Å²) in [5.74, 6) is 5.47.